The Kier molecular flexibility index (Phi) is 12.8. The number of nitrogens with zero attached hydrogens (tertiary/aromatic N) is 4. The topological polar surface area (TPSA) is 81.2 Å². The Morgan fingerprint density at radius 3 is 2.24 bits per heavy atom. The highest BCUT2D eigenvalue weighted by Crippen LogP contribution is 2.48. The molecule has 0 radical (unpaired) electrons. The van der Waals surface area contributed by atoms with Crippen LogP contribution in [0.5, 0.6) is 0 Å². The third-order valence-electron chi connectivity index (χ3n) is 9.62. The van der Waals surface area contributed by atoms with Gasteiger partial charge in [0.25, 0.3) is 0 Å². The van der Waals surface area contributed by atoms with Gasteiger partial charge in [-0.2, -0.15) is 0 Å². The summed E-state index contributed by atoms with van der Waals surface area (Å²) in [6.07, 6.45) is 9.99. The molecular weight excluding hydrogens is 725 g/mol. The van der Waals surface area contributed by atoms with Gasteiger partial charge in [-0.3, -0.25) is 19.2 Å². The maximum atomic E-state index is 13.5. The Morgan fingerprint density at radius 1 is 0.782 bits per heavy atom. The number of fused-ring (bicyclic) bond motifs is 2. The molecule has 6 rings (SSSR count). The van der Waals surface area contributed by atoms with Crippen LogP contribution in [0.3, 0.4) is 0 Å². The van der Waals surface area contributed by atoms with E-state index < -0.39 is 0 Å². The standard InChI is InChI=1S/C45H46N4O4S2/c1-31(50)48(28-26-42(52)46(2)3)37-14-8-11-17-41(37)55-45-33(22-24-39(51)36-21-18-32-12-6-7-13-35(32)30-36)19-20-34(45)23-25-44-49(29-27-43(53)47(4)5)38-15-9-10-16-40(38)54-44/h6-18,21-25,30H,19-20,26-29H2,1-5H3/b24-22+,34-23+,44-25-. The lowest BCUT2D eigenvalue weighted by Crippen LogP contribution is -2.33. The average molecular weight is 771 g/mol. The number of allylic oxidation sites excluding steroid dienone is 6. The fraction of sp³-hybridized carbons (Fsp3) is 0.244. The molecule has 1 aliphatic carbocycles. The first-order valence-corrected chi connectivity index (χ1v) is 20.0. The van der Waals surface area contributed by atoms with E-state index in [1.54, 1.807) is 67.6 Å². The summed E-state index contributed by atoms with van der Waals surface area (Å²) in [6.45, 7) is 2.34. The lowest BCUT2D eigenvalue weighted by atomic mass is 10.0. The van der Waals surface area contributed by atoms with Crippen LogP contribution in [0.2, 0.25) is 0 Å². The van der Waals surface area contributed by atoms with Gasteiger partial charge >= 0.3 is 0 Å². The zero-order valence-electron chi connectivity index (χ0n) is 32.0. The second kappa shape index (κ2) is 17.9. The number of amides is 3. The fourth-order valence-corrected chi connectivity index (χ4v) is 8.87. The van der Waals surface area contributed by atoms with E-state index in [2.05, 4.69) is 29.2 Å². The molecule has 1 heterocycles. The van der Waals surface area contributed by atoms with Gasteiger partial charge in [-0.25, -0.2) is 0 Å². The highest BCUT2D eigenvalue weighted by Gasteiger charge is 2.27. The summed E-state index contributed by atoms with van der Waals surface area (Å²) >= 11 is 3.26. The molecule has 0 bridgehead atoms. The summed E-state index contributed by atoms with van der Waals surface area (Å²) in [5.41, 5.74) is 4.60. The van der Waals surface area contributed by atoms with Gasteiger partial charge in [-0.15, -0.1) is 0 Å². The molecular formula is C45H46N4O4S2. The normalized spacial score (nSPS) is 15.3. The highest BCUT2D eigenvalue weighted by atomic mass is 32.2. The second-order valence-corrected chi connectivity index (χ2v) is 16.0. The molecule has 1 aliphatic heterocycles. The molecule has 2 aliphatic rings. The third-order valence-corrected chi connectivity index (χ3v) is 12.0. The number of carbonyl (C=O) groups excluding carboxylic acids is 4. The van der Waals surface area contributed by atoms with Crippen LogP contribution < -0.4 is 9.80 Å². The largest absolute Gasteiger partial charge is 0.349 e. The van der Waals surface area contributed by atoms with E-state index in [9.17, 15) is 19.2 Å². The van der Waals surface area contributed by atoms with Crippen molar-refractivity contribution in [1.82, 2.24) is 9.80 Å². The Bertz CT molecular complexity index is 2250. The lowest BCUT2D eigenvalue weighted by molar-refractivity contribution is -0.129. The van der Waals surface area contributed by atoms with Crippen LogP contribution in [0.4, 0.5) is 11.4 Å². The fourth-order valence-electron chi connectivity index (χ4n) is 6.53. The molecule has 0 saturated heterocycles. The summed E-state index contributed by atoms with van der Waals surface area (Å²) in [6, 6.07) is 29.8. The average Bonchev–Trinajstić information content (AvgIpc) is 3.74. The zero-order valence-corrected chi connectivity index (χ0v) is 33.6. The summed E-state index contributed by atoms with van der Waals surface area (Å²) in [5, 5.41) is 3.14. The maximum Gasteiger partial charge on any atom is 0.223 e. The summed E-state index contributed by atoms with van der Waals surface area (Å²) in [4.78, 5) is 61.8. The number of carbonyl (C=O) groups is 4. The van der Waals surface area contributed by atoms with Gasteiger partial charge in [0.05, 0.1) is 16.4 Å². The maximum absolute atomic E-state index is 13.5. The molecule has 0 aromatic heterocycles. The van der Waals surface area contributed by atoms with Crippen molar-refractivity contribution in [3.8, 4) is 0 Å². The molecule has 0 N–H and O–H groups in total. The molecule has 10 heteroatoms. The monoisotopic (exact) mass is 770 g/mol. The van der Waals surface area contributed by atoms with Crippen molar-refractivity contribution in [3.05, 3.63) is 142 Å². The third kappa shape index (κ3) is 9.50. The first kappa shape index (κ1) is 39.4. The van der Waals surface area contributed by atoms with Crippen molar-refractivity contribution in [3.63, 3.8) is 0 Å². The van der Waals surface area contributed by atoms with E-state index in [0.717, 1.165) is 65.9 Å². The van der Waals surface area contributed by atoms with E-state index >= 15 is 0 Å². The van der Waals surface area contributed by atoms with E-state index in [1.807, 2.05) is 84.9 Å². The Morgan fingerprint density at radius 2 is 1.47 bits per heavy atom. The van der Waals surface area contributed by atoms with Gasteiger partial charge in [0.1, 0.15) is 0 Å². The molecule has 0 saturated carbocycles. The van der Waals surface area contributed by atoms with Crippen molar-refractivity contribution in [2.24, 2.45) is 0 Å². The molecule has 3 amide bonds. The Hall–Kier alpha value is -5.32. The molecule has 4 aromatic rings. The summed E-state index contributed by atoms with van der Waals surface area (Å²) in [7, 11) is 6.98. The van der Waals surface area contributed by atoms with E-state index in [-0.39, 0.29) is 36.5 Å². The smallest absolute Gasteiger partial charge is 0.223 e. The number of thioether (sulfide) groups is 2. The SMILES string of the molecule is CC(=O)N(CCC(=O)N(C)C)c1ccccc1SC1=C(/C=C/C(=O)c2ccc3ccccc3c2)CC/C1=C\C=C1/Sc2ccccc2N1CCC(=O)N(C)C. The minimum absolute atomic E-state index is 0.0521. The van der Waals surface area contributed by atoms with Gasteiger partial charge in [0.2, 0.25) is 17.7 Å². The molecule has 0 spiro atoms. The van der Waals surface area contributed by atoms with Crippen molar-refractivity contribution < 1.29 is 19.2 Å². The van der Waals surface area contributed by atoms with E-state index in [1.165, 1.54) is 11.8 Å². The van der Waals surface area contributed by atoms with E-state index in [0.29, 0.717) is 18.5 Å². The van der Waals surface area contributed by atoms with Crippen molar-refractivity contribution in [2.45, 2.75) is 42.4 Å². The number of hydrogen-bond acceptors (Lipinski definition) is 7. The lowest BCUT2D eigenvalue weighted by Gasteiger charge is -2.24. The van der Waals surface area contributed by atoms with E-state index in [4.69, 9.17) is 0 Å². The number of hydrogen-bond donors (Lipinski definition) is 0. The minimum Gasteiger partial charge on any atom is -0.349 e. The molecule has 0 unspecified atom stereocenters. The predicted molar refractivity (Wildman–Crippen MR) is 226 cm³/mol. The van der Waals surface area contributed by atoms with Gasteiger partial charge in [-0.05, 0) is 77.2 Å². The van der Waals surface area contributed by atoms with Crippen molar-refractivity contribution >= 4 is 69.2 Å². The minimum atomic E-state index is -0.146. The van der Waals surface area contributed by atoms with Crippen molar-refractivity contribution in [2.75, 3.05) is 51.1 Å². The number of rotatable bonds is 13. The second-order valence-electron chi connectivity index (χ2n) is 13.8. The predicted octanol–water partition coefficient (Wildman–Crippen LogP) is 9.11. The molecule has 0 fully saturated rings. The van der Waals surface area contributed by atoms with Crippen molar-refractivity contribution in [1.29, 1.82) is 0 Å². The molecule has 8 nitrogen and oxygen atoms in total. The molecule has 55 heavy (non-hydrogen) atoms. The van der Waals surface area contributed by atoms with Crippen LogP contribution in [-0.2, 0) is 14.4 Å². The van der Waals surface area contributed by atoms with Gasteiger partial charge in [0, 0.05) is 81.3 Å². The zero-order chi connectivity index (χ0) is 39.1. The molecule has 4 aromatic carbocycles. The molecule has 0 atom stereocenters. The quantitative estimate of drug-likeness (QED) is 0.0992. The Labute approximate surface area is 332 Å². The van der Waals surface area contributed by atoms with Gasteiger partial charge in [-0.1, -0.05) is 96.3 Å². The van der Waals surface area contributed by atoms with Crippen LogP contribution in [0.1, 0.15) is 43.0 Å². The number of ketones is 1. The first-order valence-electron chi connectivity index (χ1n) is 18.4. The number of anilines is 2. The summed E-state index contributed by atoms with van der Waals surface area (Å²) < 4.78 is 0. The Balaban J connectivity index is 1.36. The van der Waals surface area contributed by atoms with Gasteiger partial charge < -0.3 is 19.6 Å². The first-order chi connectivity index (χ1) is 26.5. The highest BCUT2D eigenvalue weighted by molar-refractivity contribution is 8.04. The van der Waals surface area contributed by atoms with Crippen LogP contribution in [-0.4, -0.2) is 74.6 Å². The van der Waals surface area contributed by atoms with Crippen LogP contribution in [0.15, 0.2) is 146 Å². The van der Waals surface area contributed by atoms with Gasteiger partial charge in [0.15, 0.2) is 5.78 Å². The van der Waals surface area contributed by atoms with Crippen LogP contribution >= 0.6 is 23.5 Å². The van der Waals surface area contributed by atoms with Crippen LogP contribution in [0.25, 0.3) is 10.8 Å². The number of para-hydroxylation sites is 2. The summed E-state index contributed by atoms with van der Waals surface area (Å²) in [5.74, 6) is -0.196. The number of benzene rings is 4. The van der Waals surface area contributed by atoms with Crippen LogP contribution in [0, 0.1) is 0 Å². The molecule has 282 valence electrons.